The Hall–Kier alpha value is -1.22. The zero-order chi connectivity index (χ0) is 11.4. The quantitative estimate of drug-likeness (QED) is 0.825. The summed E-state index contributed by atoms with van der Waals surface area (Å²) in [6.45, 7) is 3.97. The number of ether oxygens (including phenoxy) is 2. The van der Waals surface area contributed by atoms with Crippen LogP contribution in [-0.2, 0) is 6.42 Å². The fourth-order valence-corrected chi connectivity index (χ4v) is 1.62. The molecule has 1 aromatic carbocycles. The molecule has 0 aromatic heterocycles. The first-order valence-corrected chi connectivity index (χ1v) is 5.05. The van der Waals surface area contributed by atoms with Crippen LogP contribution in [0.15, 0.2) is 12.1 Å². The van der Waals surface area contributed by atoms with Crippen molar-refractivity contribution >= 4 is 0 Å². The van der Waals surface area contributed by atoms with Gasteiger partial charge < -0.3 is 15.2 Å². The number of nitrogens with two attached hydrogens (primary N) is 1. The van der Waals surface area contributed by atoms with Crippen molar-refractivity contribution in [1.82, 2.24) is 0 Å². The number of aryl methyl sites for hydroxylation is 1. The van der Waals surface area contributed by atoms with E-state index in [4.69, 9.17) is 15.2 Å². The third-order valence-electron chi connectivity index (χ3n) is 2.34. The van der Waals surface area contributed by atoms with Gasteiger partial charge >= 0.3 is 0 Å². The second-order valence-corrected chi connectivity index (χ2v) is 3.82. The molecule has 1 atom stereocenters. The topological polar surface area (TPSA) is 44.5 Å². The lowest BCUT2D eigenvalue weighted by atomic mass is 10.1. The van der Waals surface area contributed by atoms with Crippen LogP contribution in [0.2, 0.25) is 0 Å². The van der Waals surface area contributed by atoms with Crippen molar-refractivity contribution in [3.05, 3.63) is 23.3 Å². The van der Waals surface area contributed by atoms with Crippen LogP contribution >= 0.6 is 0 Å². The maximum Gasteiger partial charge on any atom is 0.122 e. The first-order chi connectivity index (χ1) is 7.08. The van der Waals surface area contributed by atoms with Gasteiger partial charge in [-0.25, -0.2) is 0 Å². The summed E-state index contributed by atoms with van der Waals surface area (Å²) in [5, 5.41) is 0. The fourth-order valence-electron chi connectivity index (χ4n) is 1.62. The van der Waals surface area contributed by atoms with Gasteiger partial charge in [0.05, 0.1) is 14.2 Å². The van der Waals surface area contributed by atoms with E-state index in [1.165, 1.54) is 0 Å². The Labute approximate surface area is 91.2 Å². The van der Waals surface area contributed by atoms with Crippen LogP contribution in [0.1, 0.15) is 18.1 Å². The van der Waals surface area contributed by atoms with E-state index in [1.54, 1.807) is 14.2 Å². The van der Waals surface area contributed by atoms with Crippen molar-refractivity contribution in [2.75, 3.05) is 14.2 Å². The average molecular weight is 210 g/mol. The van der Waals surface area contributed by atoms with E-state index in [1.807, 2.05) is 26.0 Å². The molecule has 0 saturated heterocycles. The predicted octanol–water partition coefficient (Wildman–Crippen LogP) is 1.90. The van der Waals surface area contributed by atoms with Crippen molar-refractivity contribution in [3.63, 3.8) is 0 Å². The highest BCUT2D eigenvalue weighted by Gasteiger charge is 2.09. The standard InChI is InChI=1S/C12H19NO2/c1-8-5-12(15-4)10(6-9(2)13)7-11(8)14-3/h5,7,9H,6,13H2,1-4H3/i7+1. The maximum atomic E-state index is 5.78. The van der Waals surface area contributed by atoms with Gasteiger partial charge in [-0.05, 0) is 43.5 Å². The van der Waals surface area contributed by atoms with E-state index in [0.29, 0.717) is 0 Å². The number of methoxy groups -OCH3 is 2. The lowest BCUT2D eigenvalue weighted by Crippen LogP contribution is -2.18. The van der Waals surface area contributed by atoms with Gasteiger partial charge in [0.15, 0.2) is 0 Å². The van der Waals surface area contributed by atoms with Crippen molar-refractivity contribution in [1.29, 1.82) is 0 Å². The molecule has 0 saturated carbocycles. The molecule has 0 aliphatic rings. The summed E-state index contributed by atoms with van der Waals surface area (Å²) in [6.07, 6.45) is 0.791. The lowest BCUT2D eigenvalue weighted by Gasteiger charge is -2.14. The van der Waals surface area contributed by atoms with Crippen LogP contribution in [-0.4, -0.2) is 20.3 Å². The normalized spacial score (nSPS) is 12.3. The minimum absolute atomic E-state index is 0.117. The molecule has 1 rings (SSSR count). The highest BCUT2D eigenvalue weighted by Crippen LogP contribution is 2.28. The molecule has 0 bridgehead atoms. The van der Waals surface area contributed by atoms with Crippen molar-refractivity contribution < 1.29 is 9.47 Å². The second-order valence-electron chi connectivity index (χ2n) is 3.82. The van der Waals surface area contributed by atoms with E-state index < -0.39 is 0 Å². The largest absolute Gasteiger partial charge is 0.496 e. The van der Waals surface area contributed by atoms with Gasteiger partial charge in [0, 0.05) is 6.04 Å². The molecule has 1 aromatic rings. The highest BCUT2D eigenvalue weighted by molar-refractivity contribution is 5.46. The zero-order valence-corrected chi connectivity index (χ0v) is 9.83. The van der Waals surface area contributed by atoms with Crippen LogP contribution in [0.25, 0.3) is 0 Å². The first-order valence-electron chi connectivity index (χ1n) is 5.05. The van der Waals surface area contributed by atoms with Crippen LogP contribution in [0, 0.1) is 6.92 Å². The summed E-state index contributed by atoms with van der Waals surface area (Å²) in [4.78, 5) is 0. The molecule has 0 amide bonds. The molecule has 15 heavy (non-hydrogen) atoms. The molecular weight excluding hydrogens is 191 g/mol. The summed E-state index contributed by atoms with van der Waals surface area (Å²) in [5.74, 6) is 1.76. The molecule has 0 spiro atoms. The van der Waals surface area contributed by atoms with Crippen LogP contribution in [0.5, 0.6) is 11.5 Å². The van der Waals surface area contributed by atoms with E-state index in [0.717, 1.165) is 29.0 Å². The lowest BCUT2D eigenvalue weighted by molar-refractivity contribution is 0.395. The van der Waals surface area contributed by atoms with Crippen molar-refractivity contribution in [2.24, 2.45) is 5.73 Å². The molecule has 0 fully saturated rings. The van der Waals surface area contributed by atoms with Gasteiger partial charge in [-0.1, -0.05) is 0 Å². The number of hydrogen-bond acceptors (Lipinski definition) is 3. The Morgan fingerprint density at radius 3 is 2.27 bits per heavy atom. The van der Waals surface area contributed by atoms with Crippen molar-refractivity contribution in [3.8, 4) is 11.5 Å². The minimum Gasteiger partial charge on any atom is -0.496 e. The smallest absolute Gasteiger partial charge is 0.122 e. The van der Waals surface area contributed by atoms with Crippen molar-refractivity contribution in [2.45, 2.75) is 26.3 Å². The van der Waals surface area contributed by atoms with Crippen LogP contribution in [0.4, 0.5) is 0 Å². The highest BCUT2D eigenvalue weighted by atomic mass is 16.5. The third kappa shape index (κ3) is 2.86. The molecule has 0 heterocycles. The molecule has 1 unspecified atom stereocenters. The summed E-state index contributed by atoms with van der Waals surface area (Å²) in [5.41, 5.74) is 7.95. The Morgan fingerprint density at radius 2 is 1.80 bits per heavy atom. The van der Waals surface area contributed by atoms with Gasteiger partial charge in [0.25, 0.3) is 0 Å². The zero-order valence-electron chi connectivity index (χ0n) is 9.83. The van der Waals surface area contributed by atoms with E-state index in [2.05, 4.69) is 0 Å². The van der Waals surface area contributed by atoms with Crippen LogP contribution in [0.3, 0.4) is 0 Å². The van der Waals surface area contributed by atoms with Gasteiger partial charge in [-0.15, -0.1) is 0 Å². The van der Waals surface area contributed by atoms with Gasteiger partial charge in [0.1, 0.15) is 11.5 Å². The number of hydrogen-bond donors (Lipinski definition) is 1. The Morgan fingerprint density at radius 1 is 1.20 bits per heavy atom. The summed E-state index contributed by atoms with van der Waals surface area (Å²) in [6, 6.07) is 4.10. The molecule has 2 N–H and O–H groups in total. The molecule has 0 aliphatic heterocycles. The molecule has 0 radical (unpaired) electrons. The molecule has 84 valence electrons. The van der Waals surface area contributed by atoms with E-state index in [9.17, 15) is 0 Å². The number of benzene rings is 1. The van der Waals surface area contributed by atoms with Gasteiger partial charge in [0.2, 0.25) is 0 Å². The third-order valence-corrected chi connectivity index (χ3v) is 2.34. The predicted molar refractivity (Wildman–Crippen MR) is 61.6 cm³/mol. The average Bonchev–Trinajstić information content (AvgIpc) is 2.19. The molecular formula is C12H19NO2. The SMILES string of the molecule is COc1cc(C)c(OC)[13cH]c1CC(C)N. The van der Waals surface area contributed by atoms with Gasteiger partial charge in [-0.3, -0.25) is 0 Å². The fraction of sp³-hybridized carbons (Fsp3) is 0.500. The Kier molecular flexibility index (Phi) is 3.97. The second kappa shape index (κ2) is 5.03. The van der Waals surface area contributed by atoms with E-state index >= 15 is 0 Å². The summed E-state index contributed by atoms with van der Waals surface area (Å²) >= 11 is 0. The monoisotopic (exact) mass is 210 g/mol. The van der Waals surface area contributed by atoms with Crippen LogP contribution < -0.4 is 15.2 Å². The summed E-state index contributed by atoms with van der Waals surface area (Å²) in [7, 11) is 3.34. The van der Waals surface area contributed by atoms with Gasteiger partial charge in [-0.2, -0.15) is 0 Å². The van der Waals surface area contributed by atoms with E-state index in [-0.39, 0.29) is 6.04 Å². The molecule has 3 nitrogen and oxygen atoms in total. The Balaban J connectivity index is 3.10. The Bertz CT molecular complexity index is 335. The number of rotatable bonds is 4. The first kappa shape index (κ1) is 11.9. The molecule has 0 aliphatic carbocycles. The maximum absolute atomic E-state index is 5.78. The minimum atomic E-state index is 0.117. The summed E-state index contributed by atoms with van der Waals surface area (Å²) < 4.78 is 10.6. The molecule has 3 heteroatoms.